The summed E-state index contributed by atoms with van der Waals surface area (Å²) in [7, 11) is 0. The molecule has 0 saturated carbocycles. The van der Waals surface area contributed by atoms with Gasteiger partial charge in [-0.15, -0.1) is 0 Å². The van der Waals surface area contributed by atoms with Crippen LogP contribution in [0.5, 0.6) is 11.5 Å². The molecule has 192 valence electrons. The first-order chi connectivity index (χ1) is 18.4. The normalized spacial score (nSPS) is 11.7. The minimum absolute atomic E-state index is 0.0858. The molecule has 2 amide bonds. The maximum Gasteiger partial charge on any atom is 0.258 e. The lowest BCUT2D eigenvalue weighted by Crippen LogP contribution is -2.30. The molecule has 0 atom stereocenters. The quantitative estimate of drug-likeness (QED) is 0.342. The number of nitrogens with one attached hydrogen (secondary N) is 1. The molecule has 0 fully saturated rings. The van der Waals surface area contributed by atoms with Crippen LogP contribution in [0.1, 0.15) is 27.0 Å². The van der Waals surface area contributed by atoms with Crippen LogP contribution in [0.15, 0.2) is 91.0 Å². The highest BCUT2D eigenvalue weighted by Gasteiger charge is 2.20. The van der Waals surface area contributed by atoms with Gasteiger partial charge in [-0.25, -0.2) is 8.78 Å². The van der Waals surface area contributed by atoms with Crippen molar-refractivity contribution in [1.29, 1.82) is 0 Å². The maximum absolute atomic E-state index is 13.8. The Morgan fingerprint density at radius 3 is 2.24 bits per heavy atom. The molecular weight excluding hydrogens is 490 g/mol. The number of anilines is 1. The van der Waals surface area contributed by atoms with Crippen LogP contribution in [-0.4, -0.2) is 18.6 Å². The van der Waals surface area contributed by atoms with Gasteiger partial charge in [-0.05, 0) is 71.3 Å². The van der Waals surface area contributed by atoms with Gasteiger partial charge in [-0.1, -0.05) is 36.4 Å². The summed E-state index contributed by atoms with van der Waals surface area (Å²) in [6.45, 7) is 0.619. The van der Waals surface area contributed by atoms with Gasteiger partial charge in [0, 0.05) is 17.8 Å². The maximum atomic E-state index is 13.8. The number of fused-ring (bicyclic) bond motifs is 1. The van der Waals surface area contributed by atoms with Crippen molar-refractivity contribution in [3.63, 3.8) is 0 Å². The van der Waals surface area contributed by atoms with E-state index in [0.717, 1.165) is 11.1 Å². The summed E-state index contributed by atoms with van der Waals surface area (Å²) < 4.78 is 38.3. The fraction of sp³-hybridized carbons (Fsp3) is 0.133. The Hall–Kier alpha value is -4.72. The van der Waals surface area contributed by atoms with E-state index in [2.05, 4.69) is 5.32 Å². The van der Waals surface area contributed by atoms with E-state index in [4.69, 9.17) is 9.47 Å². The highest BCUT2D eigenvalue weighted by Crippen LogP contribution is 2.32. The molecule has 0 radical (unpaired) electrons. The summed E-state index contributed by atoms with van der Waals surface area (Å²) in [6, 6.07) is 23.9. The minimum atomic E-state index is -0.524. The Balaban J connectivity index is 1.28. The summed E-state index contributed by atoms with van der Waals surface area (Å²) in [4.78, 5) is 27.3. The molecule has 6 nitrogen and oxygen atoms in total. The Kier molecular flexibility index (Phi) is 7.31. The summed E-state index contributed by atoms with van der Waals surface area (Å²) in [5.41, 5.74) is 2.94. The van der Waals surface area contributed by atoms with E-state index in [0.29, 0.717) is 29.3 Å². The molecular formula is C30H24F2N2O4. The molecule has 5 rings (SSSR count). The molecule has 1 aliphatic rings. The van der Waals surface area contributed by atoms with Gasteiger partial charge in [0.05, 0.1) is 13.0 Å². The standard InChI is InChI=1S/C30H24F2N2O4/c31-24-5-1-3-22(13-24)18-34(30(36)23-4-2-6-25(32)16-23)26-10-7-20(8-11-26)15-29(35)33-17-21-9-12-27-28(14-21)38-19-37-27/h1-14,16H,15,17-19H2,(H,33,35). The van der Waals surface area contributed by atoms with Crippen molar-refractivity contribution in [2.45, 2.75) is 19.5 Å². The van der Waals surface area contributed by atoms with Gasteiger partial charge in [0.2, 0.25) is 12.7 Å². The first-order valence-electron chi connectivity index (χ1n) is 12.0. The van der Waals surface area contributed by atoms with Crippen molar-refractivity contribution in [3.05, 3.63) is 125 Å². The Morgan fingerprint density at radius 2 is 1.47 bits per heavy atom. The van der Waals surface area contributed by atoms with Crippen LogP contribution in [-0.2, 0) is 24.3 Å². The molecule has 0 spiro atoms. The highest BCUT2D eigenvalue weighted by molar-refractivity contribution is 6.06. The number of halogens is 2. The summed E-state index contributed by atoms with van der Waals surface area (Å²) in [6.07, 6.45) is 0.145. The number of nitrogens with zero attached hydrogens (tertiary/aromatic N) is 1. The number of amides is 2. The van der Waals surface area contributed by atoms with E-state index < -0.39 is 17.5 Å². The van der Waals surface area contributed by atoms with Crippen molar-refractivity contribution >= 4 is 17.5 Å². The van der Waals surface area contributed by atoms with Crippen LogP contribution in [0.4, 0.5) is 14.5 Å². The van der Waals surface area contributed by atoms with Gasteiger partial charge in [-0.3, -0.25) is 9.59 Å². The van der Waals surface area contributed by atoms with Crippen LogP contribution >= 0.6 is 0 Å². The monoisotopic (exact) mass is 514 g/mol. The van der Waals surface area contributed by atoms with Gasteiger partial charge >= 0.3 is 0 Å². The van der Waals surface area contributed by atoms with Gasteiger partial charge in [0.1, 0.15) is 11.6 Å². The molecule has 0 unspecified atom stereocenters. The van der Waals surface area contributed by atoms with Crippen molar-refractivity contribution in [2.75, 3.05) is 11.7 Å². The predicted octanol–water partition coefficient (Wildman–Crippen LogP) is 5.40. The third-order valence-electron chi connectivity index (χ3n) is 6.09. The zero-order valence-corrected chi connectivity index (χ0v) is 20.3. The van der Waals surface area contributed by atoms with Crippen molar-refractivity contribution < 1.29 is 27.8 Å². The van der Waals surface area contributed by atoms with Crippen molar-refractivity contribution in [1.82, 2.24) is 5.32 Å². The lowest BCUT2D eigenvalue weighted by Gasteiger charge is -2.23. The van der Waals surface area contributed by atoms with E-state index >= 15 is 0 Å². The Bertz CT molecular complexity index is 1470. The zero-order valence-electron chi connectivity index (χ0n) is 20.3. The molecule has 1 heterocycles. The lowest BCUT2D eigenvalue weighted by atomic mass is 10.1. The van der Waals surface area contributed by atoms with Crippen LogP contribution in [0.25, 0.3) is 0 Å². The second-order valence-corrected chi connectivity index (χ2v) is 8.84. The molecule has 0 bridgehead atoms. The van der Waals surface area contributed by atoms with Gasteiger partial charge in [0.15, 0.2) is 11.5 Å². The summed E-state index contributed by atoms with van der Waals surface area (Å²) in [5, 5.41) is 2.89. The minimum Gasteiger partial charge on any atom is -0.454 e. The average Bonchev–Trinajstić information content (AvgIpc) is 3.39. The number of hydrogen-bond acceptors (Lipinski definition) is 4. The number of rotatable bonds is 8. The lowest BCUT2D eigenvalue weighted by molar-refractivity contribution is -0.120. The summed E-state index contributed by atoms with van der Waals surface area (Å²) >= 11 is 0. The second kappa shape index (κ2) is 11.1. The fourth-order valence-corrected chi connectivity index (χ4v) is 4.17. The topological polar surface area (TPSA) is 67.9 Å². The Morgan fingerprint density at radius 1 is 0.763 bits per heavy atom. The molecule has 4 aromatic rings. The fourth-order valence-electron chi connectivity index (χ4n) is 4.17. The van der Waals surface area contributed by atoms with E-state index in [1.54, 1.807) is 36.4 Å². The molecule has 1 N–H and O–H groups in total. The van der Waals surface area contributed by atoms with Crippen molar-refractivity contribution in [3.8, 4) is 11.5 Å². The zero-order chi connectivity index (χ0) is 26.5. The third-order valence-corrected chi connectivity index (χ3v) is 6.09. The third kappa shape index (κ3) is 5.98. The van der Waals surface area contributed by atoms with E-state index in [1.165, 1.54) is 41.3 Å². The number of carbonyl (C=O) groups excluding carboxylic acids is 2. The number of ether oxygens (including phenoxy) is 2. The van der Waals surface area contributed by atoms with Gasteiger partial charge < -0.3 is 19.7 Å². The Labute approximate surface area is 218 Å². The molecule has 0 aromatic heterocycles. The predicted molar refractivity (Wildman–Crippen MR) is 138 cm³/mol. The van der Waals surface area contributed by atoms with Gasteiger partial charge in [-0.2, -0.15) is 0 Å². The molecule has 4 aromatic carbocycles. The SMILES string of the molecule is O=C(Cc1ccc(N(Cc2cccc(F)c2)C(=O)c2cccc(F)c2)cc1)NCc1ccc2c(c1)OCO2. The average molecular weight is 515 g/mol. The van der Waals surface area contributed by atoms with E-state index in [-0.39, 0.29) is 31.2 Å². The first kappa shape index (κ1) is 25.0. The molecule has 1 aliphatic heterocycles. The number of carbonyl (C=O) groups is 2. The smallest absolute Gasteiger partial charge is 0.258 e. The molecule has 0 aliphatic carbocycles. The molecule has 38 heavy (non-hydrogen) atoms. The van der Waals surface area contributed by atoms with Crippen LogP contribution < -0.4 is 19.7 Å². The largest absolute Gasteiger partial charge is 0.454 e. The van der Waals surface area contributed by atoms with Crippen molar-refractivity contribution in [2.24, 2.45) is 0 Å². The second-order valence-electron chi connectivity index (χ2n) is 8.84. The van der Waals surface area contributed by atoms with E-state index in [1.807, 2.05) is 18.2 Å². The van der Waals surface area contributed by atoms with Crippen LogP contribution in [0.2, 0.25) is 0 Å². The van der Waals surface area contributed by atoms with Crippen LogP contribution in [0.3, 0.4) is 0 Å². The number of hydrogen-bond donors (Lipinski definition) is 1. The number of benzene rings is 4. The first-order valence-corrected chi connectivity index (χ1v) is 12.0. The highest BCUT2D eigenvalue weighted by atomic mass is 19.1. The van der Waals surface area contributed by atoms with Crippen LogP contribution in [0, 0.1) is 11.6 Å². The molecule has 8 heteroatoms. The summed E-state index contributed by atoms with van der Waals surface area (Å²) in [5.74, 6) is -0.192. The molecule has 0 saturated heterocycles. The van der Waals surface area contributed by atoms with Gasteiger partial charge in [0.25, 0.3) is 5.91 Å². The van der Waals surface area contributed by atoms with E-state index in [9.17, 15) is 18.4 Å².